The number of nitrogen functional groups attached to an aromatic ring is 1. The highest BCUT2D eigenvalue weighted by molar-refractivity contribution is 7.09. The van der Waals surface area contributed by atoms with E-state index >= 15 is 0 Å². The Morgan fingerprint density at radius 3 is 2.95 bits per heavy atom. The molecule has 0 atom stereocenters. The van der Waals surface area contributed by atoms with Crippen LogP contribution in [-0.2, 0) is 13.0 Å². The van der Waals surface area contributed by atoms with Crippen LogP contribution >= 0.6 is 11.3 Å². The van der Waals surface area contributed by atoms with Crippen LogP contribution in [-0.4, -0.2) is 20.4 Å². The van der Waals surface area contributed by atoms with Gasteiger partial charge in [0.05, 0.1) is 11.4 Å². The smallest absolute Gasteiger partial charge is 0.122 e. The van der Waals surface area contributed by atoms with E-state index in [1.165, 1.54) is 0 Å². The standard InChI is InChI=1S/C15H15N5S/c16-15(17)12-3-1-2-11(8-12)10-20-6-4-18-13(20)9-14-19-5-7-21-14/h1-8H,9-10H2,(H3,16,17). The maximum absolute atomic E-state index is 7.51. The lowest BCUT2D eigenvalue weighted by molar-refractivity contribution is 0.739. The number of hydrogen-bond acceptors (Lipinski definition) is 4. The van der Waals surface area contributed by atoms with E-state index < -0.39 is 0 Å². The van der Waals surface area contributed by atoms with Crippen LogP contribution in [0.5, 0.6) is 0 Å². The lowest BCUT2D eigenvalue weighted by atomic mass is 10.1. The zero-order valence-corrected chi connectivity index (χ0v) is 12.2. The number of nitrogens with zero attached hydrogens (tertiary/aromatic N) is 3. The van der Waals surface area contributed by atoms with Gasteiger partial charge in [-0.2, -0.15) is 0 Å². The van der Waals surface area contributed by atoms with Crippen molar-refractivity contribution in [2.24, 2.45) is 5.73 Å². The van der Waals surface area contributed by atoms with Gasteiger partial charge in [0.15, 0.2) is 0 Å². The van der Waals surface area contributed by atoms with Crippen molar-refractivity contribution in [3.63, 3.8) is 0 Å². The summed E-state index contributed by atoms with van der Waals surface area (Å²) in [7, 11) is 0. The summed E-state index contributed by atoms with van der Waals surface area (Å²) in [5, 5.41) is 10.5. The van der Waals surface area contributed by atoms with Crippen LogP contribution in [0.4, 0.5) is 0 Å². The molecule has 0 amide bonds. The van der Waals surface area contributed by atoms with E-state index in [9.17, 15) is 0 Å². The van der Waals surface area contributed by atoms with Gasteiger partial charge in [-0.15, -0.1) is 11.3 Å². The maximum atomic E-state index is 7.51. The van der Waals surface area contributed by atoms with E-state index in [4.69, 9.17) is 11.1 Å². The first-order valence-corrected chi connectivity index (χ1v) is 7.42. The second-order valence-corrected chi connectivity index (χ2v) is 5.67. The highest BCUT2D eigenvalue weighted by Crippen LogP contribution is 2.13. The van der Waals surface area contributed by atoms with Crippen LogP contribution in [0.3, 0.4) is 0 Å². The first kappa shape index (κ1) is 13.5. The van der Waals surface area contributed by atoms with Gasteiger partial charge in [-0.05, 0) is 11.6 Å². The number of aromatic nitrogens is 3. The number of benzene rings is 1. The quantitative estimate of drug-likeness (QED) is 0.560. The fraction of sp³-hybridized carbons (Fsp3) is 0.133. The minimum Gasteiger partial charge on any atom is -0.384 e. The summed E-state index contributed by atoms with van der Waals surface area (Å²) in [5.41, 5.74) is 7.38. The van der Waals surface area contributed by atoms with Crippen molar-refractivity contribution < 1.29 is 0 Å². The van der Waals surface area contributed by atoms with Gasteiger partial charge in [0, 0.05) is 36.1 Å². The zero-order chi connectivity index (χ0) is 14.7. The summed E-state index contributed by atoms with van der Waals surface area (Å²) in [4.78, 5) is 8.70. The number of imidazole rings is 1. The van der Waals surface area contributed by atoms with Crippen molar-refractivity contribution in [2.45, 2.75) is 13.0 Å². The van der Waals surface area contributed by atoms with Crippen LogP contribution in [0, 0.1) is 5.41 Å². The van der Waals surface area contributed by atoms with Crippen molar-refractivity contribution in [3.05, 3.63) is 70.2 Å². The van der Waals surface area contributed by atoms with Crippen molar-refractivity contribution in [1.29, 1.82) is 5.41 Å². The van der Waals surface area contributed by atoms with E-state index in [1.54, 1.807) is 17.5 Å². The average Bonchev–Trinajstić information content (AvgIpc) is 3.12. The number of nitrogens with one attached hydrogen (secondary N) is 1. The predicted octanol–water partition coefficient (Wildman–Crippen LogP) is 2.26. The number of thiazole rings is 1. The van der Waals surface area contributed by atoms with Gasteiger partial charge >= 0.3 is 0 Å². The summed E-state index contributed by atoms with van der Waals surface area (Å²) in [6.45, 7) is 0.710. The van der Waals surface area contributed by atoms with Crippen LogP contribution in [0.2, 0.25) is 0 Å². The molecule has 3 N–H and O–H groups in total. The molecule has 1 aromatic carbocycles. The monoisotopic (exact) mass is 297 g/mol. The summed E-state index contributed by atoms with van der Waals surface area (Å²) < 4.78 is 2.10. The Morgan fingerprint density at radius 1 is 1.29 bits per heavy atom. The summed E-state index contributed by atoms with van der Waals surface area (Å²) in [5.74, 6) is 1.07. The Morgan fingerprint density at radius 2 is 2.19 bits per heavy atom. The molecule has 0 saturated heterocycles. The topological polar surface area (TPSA) is 80.6 Å². The minimum atomic E-state index is 0.0884. The third kappa shape index (κ3) is 3.17. The molecule has 0 bridgehead atoms. The summed E-state index contributed by atoms with van der Waals surface area (Å²) >= 11 is 1.63. The van der Waals surface area contributed by atoms with Crippen LogP contribution in [0.1, 0.15) is 22.0 Å². The van der Waals surface area contributed by atoms with Gasteiger partial charge in [0.2, 0.25) is 0 Å². The molecule has 5 nitrogen and oxygen atoms in total. The molecular formula is C15H15N5S. The first-order valence-electron chi connectivity index (χ1n) is 6.54. The zero-order valence-electron chi connectivity index (χ0n) is 11.4. The average molecular weight is 297 g/mol. The Hall–Kier alpha value is -2.47. The molecular weight excluding hydrogens is 282 g/mol. The molecule has 0 aliphatic rings. The van der Waals surface area contributed by atoms with E-state index in [0.717, 1.165) is 28.4 Å². The molecule has 2 heterocycles. The van der Waals surface area contributed by atoms with E-state index in [2.05, 4.69) is 14.5 Å². The molecule has 106 valence electrons. The molecule has 0 aliphatic heterocycles. The van der Waals surface area contributed by atoms with Gasteiger partial charge < -0.3 is 10.3 Å². The Balaban J connectivity index is 1.81. The Kier molecular flexibility index (Phi) is 3.79. The second kappa shape index (κ2) is 5.88. The third-order valence-corrected chi connectivity index (χ3v) is 3.97. The molecule has 0 unspecified atom stereocenters. The maximum Gasteiger partial charge on any atom is 0.122 e. The Labute approximate surface area is 126 Å². The third-order valence-electron chi connectivity index (χ3n) is 3.19. The van der Waals surface area contributed by atoms with Crippen molar-refractivity contribution in [1.82, 2.24) is 14.5 Å². The number of rotatable bonds is 5. The second-order valence-electron chi connectivity index (χ2n) is 4.69. The highest BCUT2D eigenvalue weighted by atomic mass is 32.1. The van der Waals surface area contributed by atoms with E-state index in [0.29, 0.717) is 6.54 Å². The number of nitrogens with two attached hydrogens (primary N) is 1. The predicted molar refractivity (Wildman–Crippen MR) is 83.7 cm³/mol. The van der Waals surface area contributed by atoms with Gasteiger partial charge in [0.25, 0.3) is 0 Å². The summed E-state index contributed by atoms with van der Waals surface area (Å²) in [6, 6.07) is 7.73. The van der Waals surface area contributed by atoms with Crippen LogP contribution in [0.15, 0.2) is 48.2 Å². The molecule has 2 aromatic heterocycles. The van der Waals surface area contributed by atoms with Crippen molar-refractivity contribution in [3.8, 4) is 0 Å². The van der Waals surface area contributed by atoms with Gasteiger partial charge in [-0.1, -0.05) is 18.2 Å². The molecule has 0 aliphatic carbocycles. The molecule has 6 heteroatoms. The summed E-state index contributed by atoms with van der Waals surface area (Å²) in [6.07, 6.45) is 6.31. The molecule has 0 fully saturated rings. The van der Waals surface area contributed by atoms with Crippen molar-refractivity contribution >= 4 is 17.2 Å². The fourth-order valence-corrected chi connectivity index (χ4v) is 2.77. The molecule has 3 aromatic rings. The lowest BCUT2D eigenvalue weighted by Gasteiger charge is -2.08. The van der Waals surface area contributed by atoms with Crippen molar-refractivity contribution in [2.75, 3.05) is 0 Å². The number of hydrogen-bond donors (Lipinski definition) is 2. The van der Waals surface area contributed by atoms with E-state index in [-0.39, 0.29) is 5.84 Å². The molecule has 0 radical (unpaired) electrons. The molecule has 0 spiro atoms. The molecule has 0 saturated carbocycles. The SMILES string of the molecule is N=C(N)c1cccc(Cn2ccnc2Cc2nccs2)c1. The fourth-order valence-electron chi connectivity index (χ4n) is 2.16. The highest BCUT2D eigenvalue weighted by Gasteiger charge is 2.07. The molecule has 3 rings (SSSR count). The van der Waals surface area contributed by atoms with Crippen LogP contribution < -0.4 is 5.73 Å². The molecule has 21 heavy (non-hydrogen) atoms. The Bertz CT molecular complexity index is 745. The van der Waals surface area contributed by atoms with Gasteiger partial charge in [0.1, 0.15) is 11.7 Å². The minimum absolute atomic E-state index is 0.0884. The van der Waals surface area contributed by atoms with Gasteiger partial charge in [-0.25, -0.2) is 9.97 Å². The largest absolute Gasteiger partial charge is 0.384 e. The number of amidine groups is 1. The first-order chi connectivity index (χ1) is 10.2. The normalized spacial score (nSPS) is 10.7. The van der Waals surface area contributed by atoms with E-state index in [1.807, 2.05) is 42.0 Å². The van der Waals surface area contributed by atoms with Gasteiger partial charge in [-0.3, -0.25) is 5.41 Å². The van der Waals surface area contributed by atoms with Crippen LogP contribution in [0.25, 0.3) is 0 Å². The lowest BCUT2D eigenvalue weighted by Crippen LogP contribution is -2.12.